The van der Waals surface area contributed by atoms with Crippen molar-refractivity contribution >= 4 is 23.5 Å². The van der Waals surface area contributed by atoms with Crippen LogP contribution in [0.15, 0.2) is 18.2 Å². The number of hydrogen-bond acceptors (Lipinski definition) is 2. The lowest BCUT2D eigenvalue weighted by molar-refractivity contribution is -0.142. The van der Waals surface area contributed by atoms with Crippen molar-refractivity contribution in [2.75, 3.05) is 7.05 Å². The number of rotatable bonds is 4. The molecule has 0 aliphatic heterocycles. The smallest absolute Gasteiger partial charge is 0.326 e. The van der Waals surface area contributed by atoms with Crippen LogP contribution in [-0.4, -0.2) is 35.0 Å². The van der Waals surface area contributed by atoms with Gasteiger partial charge in [-0.05, 0) is 37.1 Å². The van der Waals surface area contributed by atoms with Crippen LogP contribution in [0.4, 0.5) is 0 Å². The predicted molar refractivity (Wildman–Crippen MR) is 70.0 cm³/mol. The number of amides is 1. The maximum atomic E-state index is 12.2. The van der Waals surface area contributed by atoms with Gasteiger partial charge in [-0.3, -0.25) is 4.79 Å². The summed E-state index contributed by atoms with van der Waals surface area (Å²) < 4.78 is 0. The first kappa shape index (κ1) is 14.5. The van der Waals surface area contributed by atoms with Crippen LogP contribution in [-0.2, 0) is 4.79 Å². The van der Waals surface area contributed by atoms with Gasteiger partial charge in [0.05, 0.1) is 0 Å². The molecule has 1 unspecified atom stereocenters. The minimum Gasteiger partial charge on any atom is -0.480 e. The van der Waals surface area contributed by atoms with Crippen molar-refractivity contribution in [1.82, 2.24) is 4.90 Å². The average molecular weight is 270 g/mol. The van der Waals surface area contributed by atoms with Crippen LogP contribution in [0.2, 0.25) is 5.02 Å². The van der Waals surface area contributed by atoms with Crippen LogP contribution >= 0.6 is 11.6 Å². The number of benzene rings is 1. The molecule has 1 aromatic carbocycles. The van der Waals surface area contributed by atoms with Crippen molar-refractivity contribution in [3.8, 4) is 0 Å². The maximum absolute atomic E-state index is 12.2. The second-order valence-electron chi connectivity index (χ2n) is 4.20. The van der Waals surface area contributed by atoms with Crippen LogP contribution in [0, 0.1) is 6.92 Å². The molecule has 18 heavy (non-hydrogen) atoms. The van der Waals surface area contributed by atoms with Crippen molar-refractivity contribution in [1.29, 1.82) is 0 Å². The Morgan fingerprint density at radius 1 is 1.39 bits per heavy atom. The van der Waals surface area contributed by atoms with Gasteiger partial charge in [0.15, 0.2) is 0 Å². The Kier molecular flexibility index (Phi) is 4.73. The van der Waals surface area contributed by atoms with Gasteiger partial charge in [0, 0.05) is 17.6 Å². The highest BCUT2D eigenvalue weighted by atomic mass is 35.5. The van der Waals surface area contributed by atoms with Crippen molar-refractivity contribution in [3.05, 3.63) is 34.3 Å². The number of carboxylic acid groups (broad SMARTS) is 1. The van der Waals surface area contributed by atoms with Gasteiger partial charge in [0.1, 0.15) is 6.04 Å². The number of nitrogens with zero attached hydrogens (tertiary/aromatic N) is 1. The molecule has 0 radical (unpaired) electrons. The Bertz CT molecular complexity index is 453. The summed E-state index contributed by atoms with van der Waals surface area (Å²) in [7, 11) is 1.49. The molecule has 0 spiro atoms. The predicted octanol–water partition coefficient (Wildman–Crippen LogP) is 2.58. The molecule has 1 rings (SSSR count). The summed E-state index contributed by atoms with van der Waals surface area (Å²) in [6.45, 7) is 3.56. The lowest BCUT2D eigenvalue weighted by Gasteiger charge is -2.24. The van der Waals surface area contributed by atoms with E-state index in [-0.39, 0.29) is 5.91 Å². The summed E-state index contributed by atoms with van der Waals surface area (Å²) in [5.41, 5.74) is 1.27. The molecule has 0 aliphatic rings. The highest BCUT2D eigenvalue weighted by molar-refractivity contribution is 6.31. The molecule has 1 amide bonds. The number of carbonyl (C=O) groups excluding carboxylic acids is 1. The van der Waals surface area contributed by atoms with E-state index in [1.54, 1.807) is 25.1 Å². The van der Waals surface area contributed by atoms with Gasteiger partial charge < -0.3 is 10.0 Å². The minimum absolute atomic E-state index is 0.338. The topological polar surface area (TPSA) is 57.6 Å². The first-order valence-corrected chi connectivity index (χ1v) is 6.01. The molecule has 0 saturated heterocycles. The summed E-state index contributed by atoms with van der Waals surface area (Å²) in [6, 6.07) is 4.16. The van der Waals surface area contributed by atoms with Gasteiger partial charge in [-0.25, -0.2) is 4.79 Å². The fraction of sp³-hybridized carbons (Fsp3) is 0.385. The normalized spacial score (nSPS) is 12.0. The molecule has 0 fully saturated rings. The zero-order valence-corrected chi connectivity index (χ0v) is 11.4. The second kappa shape index (κ2) is 5.87. The average Bonchev–Trinajstić information content (AvgIpc) is 2.26. The van der Waals surface area contributed by atoms with Crippen LogP contribution in [0.5, 0.6) is 0 Å². The number of hydrogen-bond donors (Lipinski definition) is 1. The molecule has 1 N–H and O–H groups in total. The van der Waals surface area contributed by atoms with E-state index in [2.05, 4.69) is 0 Å². The van der Waals surface area contributed by atoms with Crippen molar-refractivity contribution < 1.29 is 14.7 Å². The van der Waals surface area contributed by atoms with E-state index in [0.717, 1.165) is 5.56 Å². The molecule has 0 aliphatic carbocycles. The lowest BCUT2D eigenvalue weighted by atomic mass is 10.1. The number of halogens is 1. The number of aliphatic carboxylic acids is 1. The fourth-order valence-electron chi connectivity index (χ4n) is 1.82. The minimum atomic E-state index is -1.01. The Hall–Kier alpha value is -1.55. The van der Waals surface area contributed by atoms with Crippen LogP contribution < -0.4 is 0 Å². The van der Waals surface area contributed by atoms with E-state index in [1.807, 2.05) is 6.92 Å². The Balaban J connectivity index is 3.02. The standard InChI is InChI=1S/C13H16ClNO3/c1-4-11(13(17)18)15(3)12(16)9-5-8(2)6-10(14)7-9/h5-7,11H,4H2,1-3H3,(H,17,18). The quantitative estimate of drug-likeness (QED) is 0.914. The first-order valence-electron chi connectivity index (χ1n) is 5.64. The number of carboxylic acids is 1. The molecule has 5 heteroatoms. The fourth-order valence-corrected chi connectivity index (χ4v) is 2.11. The molecule has 0 aromatic heterocycles. The van der Waals surface area contributed by atoms with E-state index >= 15 is 0 Å². The van der Waals surface area contributed by atoms with Gasteiger partial charge in [-0.15, -0.1) is 0 Å². The van der Waals surface area contributed by atoms with Crippen LogP contribution in [0.1, 0.15) is 29.3 Å². The van der Waals surface area contributed by atoms with Gasteiger partial charge in [-0.1, -0.05) is 18.5 Å². The van der Waals surface area contributed by atoms with Gasteiger partial charge in [0.2, 0.25) is 0 Å². The zero-order chi connectivity index (χ0) is 13.9. The van der Waals surface area contributed by atoms with E-state index in [1.165, 1.54) is 11.9 Å². The maximum Gasteiger partial charge on any atom is 0.326 e. The number of carbonyl (C=O) groups is 2. The van der Waals surface area contributed by atoms with Crippen molar-refractivity contribution in [2.45, 2.75) is 26.3 Å². The van der Waals surface area contributed by atoms with Crippen LogP contribution in [0.25, 0.3) is 0 Å². The summed E-state index contributed by atoms with van der Waals surface area (Å²) >= 11 is 5.89. The zero-order valence-electron chi connectivity index (χ0n) is 10.6. The Labute approximate surface area is 111 Å². The largest absolute Gasteiger partial charge is 0.480 e. The van der Waals surface area contributed by atoms with Crippen molar-refractivity contribution in [2.24, 2.45) is 0 Å². The lowest BCUT2D eigenvalue weighted by Crippen LogP contribution is -2.41. The summed E-state index contributed by atoms with van der Waals surface area (Å²) in [5.74, 6) is -1.35. The SMILES string of the molecule is CCC(C(=O)O)N(C)C(=O)c1cc(C)cc(Cl)c1. The molecule has 4 nitrogen and oxygen atoms in total. The third kappa shape index (κ3) is 3.23. The number of aryl methyl sites for hydroxylation is 1. The molecule has 1 aromatic rings. The second-order valence-corrected chi connectivity index (χ2v) is 4.63. The van der Waals surface area contributed by atoms with Crippen molar-refractivity contribution in [3.63, 3.8) is 0 Å². The molecule has 0 bridgehead atoms. The third-order valence-corrected chi connectivity index (χ3v) is 2.97. The molecular formula is C13H16ClNO3. The van der Waals surface area contributed by atoms with E-state index in [0.29, 0.717) is 17.0 Å². The third-order valence-electron chi connectivity index (χ3n) is 2.75. The molecule has 0 saturated carbocycles. The van der Waals surface area contributed by atoms with E-state index in [9.17, 15) is 9.59 Å². The Morgan fingerprint density at radius 3 is 2.44 bits per heavy atom. The Morgan fingerprint density at radius 2 is 2.00 bits per heavy atom. The van der Waals surface area contributed by atoms with E-state index in [4.69, 9.17) is 16.7 Å². The summed E-state index contributed by atoms with van der Waals surface area (Å²) in [5, 5.41) is 9.50. The van der Waals surface area contributed by atoms with Gasteiger partial charge >= 0.3 is 5.97 Å². The number of likely N-dealkylation sites (N-methyl/N-ethyl adjacent to an activating group) is 1. The molecule has 0 heterocycles. The highest BCUT2D eigenvalue weighted by Crippen LogP contribution is 2.17. The molecular weight excluding hydrogens is 254 g/mol. The molecule has 98 valence electrons. The van der Waals surface area contributed by atoms with E-state index < -0.39 is 12.0 Å². The van der Waals surface area contributed by atoms with Gasteiger partial charge in [0.25, 0.3) is 5.91 Å². The molecule has 1 atom stereocenters. The van der Waals surface area contributed by atoms with Crippen LogP contribution in [0.3, 0.4) is 0 Å². The summed E-state index contributed by atoms with van der Waals surface area (Å²) in [6.07, 6.45) is 0.358. The van der Waals surface area contributed by atoms with Gasteiger partial charge in [-0.2, -0.15) is 0 Å². The summed E-state index contributed by atoms with van der Waals surface area (Å²) in [4.78, 5) is 24.4. The first-order chi connectivity index (χ1) is 8.36. The monoisotopic (exact) mass is 269 g/mol. The highest BCUT2D eigenvalue weighted by Gasteiger charge is 2.25.